The van der Waals surface area contributed by atoms with Crippen molar-refractivity contribution >= 4 is 12.0 Å². The minimum atomic E-state index is -0.889. The van der Waals surface area contributed by atoms with E-state index in [0.29, 0.717) is 18.9 Å². The first-order valence-electron chi connectivity index (χ1n) is 7.36. The van der Waals surface area contributed by atoms with E-state index < -0.39 is 5.97 Å². The Labute approximate surface area is 122 Å². The fourth-order valence-corrected chi connectivity index (χ4v) is 2.07. The van der Waals surface area contributed by atoms with Crippen LogP contribution in [0.2, 0.25) is 0 Å². The summed E-state index contributed by atoms with van der Waals surface area (Å²) < 4.78 is 0. The maximum atomic E-state index is 11.8. The number of carbonyl (C=O) groups is 2. The molecule has 0 aliphatic rings. The fraction of sp³-hybridized carbons (Fsp3) is 0.867. The number of hydrogen-bond donors (Lipinski definition) is 3. The number of nitrogens with one attached hydrogen (secondary N) is 2. The summed E-state index contributed by atoms with van der Waals surface area (Å²) in [5, 5.41) is 14.4. The van der Waals surface area contributed by atoms with Crippen molar-refractivity contribution in [1.82, 2.24) is 10.6 Å². The lowest BCUT2D eigenvalue weighted by atomic mass is 9.87. The molecule has 0 aromatic heterocycles. The van der Waals surface area contributed by atoms with Crippen LogP contribution in [0.5, 0.6) is 0 Å². The van der Waals surface area contributed by atoms with Crippen molar-refractivity contribution in [2.75, 3.05) is 6.54 Å². The number of carboxylic acid groups (broad SMARTS) is 1. The van der Waals surface area contributed by atoms with Crippen LogP contribution in [-0.2, 0) is 4.79 Å². The normalized spacial score (nSPS) is 13.1. The molecule has 0 aromatic rings. The molecule has 0 spiro atoms. The number of aliphatic carboxylic acids is 1. The van der Waals surface area contributed by atoms with Gasteiger partial charge in [-0.05, 0) is 30.6 Å². The van der Waals surface area contributed by atoms with E-state index in [2.05, 4.69) is 24.5 Å². The second-order valence-corrected chi connectivity index (χ2v) is 7.00. The third-order valence-corrected chi connectivity index (χ3v) is 2.86. The Morgan fingerprint density at radius 1 is 1.20 bits per heavy atom. The highest BCUT2D eigenvalue weighted by Crippen LogP contribution is 2.22. The van der Waals surface area contributed by atoms with Gasteiger partial charge in [0, 0.05) is 12.6 Å². The number of hydrogen-bond acceptors (Lipinski definition) is 2. The average molecular weight is 286 g/mol. The molecular formula is C15H30N2O3. The van der Waals surface area contributed by atoms with Gasteiger partial charge in [-0.3, -0.25) is 4.79 Å². The van der Waals surface area contributed by atoms with Crippen molar-refractivity contribution in [3.63, 3.8) is 0 Å². The summed E-state index contributed by atoms with van der Waals surface area (Å²) in [5.74, 6) is -0.264. The number of rotatable bonds is 8. The molecule has 0 aliphatic carbocycles. The molecule has 118 valence electrons. The van der Waals surface area contributed by atoms with Gasteiger partial charge < -0.3 is 15.7 Å². The molecule has 0 aliphatic heterocycles. The smallest absolute Gasteiger partial charge is 0.315 e. The number of carboxylic acids is 1. The molecule has 0 radical (unpaired) electrons. The molecule has 0 heterocycles. The van der Waals surface area contributed by atoms with Gasteiger partial charge in [-0.2, -0.15) is 0 Å². The van der Waals surface area contributed by atoms with E-state index in [0.717, 1.165) is 12.8 Å². The van der Waals surface area contributed by atoms with E-state index in [4.69, 9.17) is 5.11 Å². The Morgan fingerprint density at radius 2 is 1.80 bits per heavy atom. The SMILES string of the molecule is CC(C)CCCNC(=O)NC(CC(=O)O)CC(C)(C)C. The lowest BCUT2D eigenvalue weighted by Gasteiger charge is -2.25. The Kier molecular flexibility index (Phi) is 8.26. The number of amides is 2. The molecule has 0 rings (SSSR count). The largest absolute Gasteiger partial charge is 0.481 e. The van der Waals surface area contributed by atoms with Crippen LogP contribution < -0.4 is 10.6 Å². The quantitative estimate of drug-likeness (QED) is 0.600. The maximum Gasteiger partial charge on any atom is 0.315 e. The predicted molar refractivity (Wildman–Crippen MR) is 80.7 cm³/mol. The fourth-order valence-electron chi connectivity index (χ4n) is 2.07. The minimum Gasteiger partial charge on any atom is -0.481 e. The Balaban J connectivity index is 4.15. The molecule has 2 amide bonds. The van der Waals surface area contributed by atoms with E-state index in [9.17, 15) is 9.59 Å². The lowest BCUT2D eigenvalue weighted by molar-refractivity contribution is -0.137. The van der Waals surface area contributed by atoms with Crippen LogP contribution in [0.15, 0.2) is 0 Å². The van der Waals surface area contributed by atoms with Crippen LogP contribution in [0, 0.1) is 11.3 Å². The Hall–Kier alpha value is -1.26. The topological polar surface area (TPSA) is 78.4 Å². The molecule has 0 fully saturated rings. The van der Waals surface area contributed by atoms with Crippen molar-refractivity contribution in [3.8, 4) is 0 Å². The van der Waals surface area contributed by atoms with Crippen LogP contribution in [0.3, 0.4) is 0 Å². The van der Waals surface area contributed by atoms with E-state index >= 15 is 0 Å². The Morgan fingerprint density at radius 3 is 2.25 bits per heavy atom. The van der Waals surface area contributed by atoms with Crippen molar-refractivity contribution in [3.05, 3.63) is 0 Å². The Bertz CT molecular complexity index is 309. The summed E-state index contributed by atoms with van der Waals surface area (Å²) in [5.41, 5.74) is -0.0228. The van der Waals surface area contributed by atoms with E-state index in [-0.39, 0.29) is 23.9 Å². The van der Waals surface area contributed by atoms with Gasteiger partial charge >= 0.3 is 12.0 Å². The monoisotopic (exact) mass is 286 g/mol. The second-order valence-electron chi connectivity index (χ2n) is 7.00. The minimum absolute atomic E-state index is 0.0228. The van der Waals surface area contributed by atoms with Gasteiger partial charge in [0.15, 0.2) is 0 Å². The molecule has 0 bridgehead atoms. The molecule has 20 heavy (non-hydrogen) atoms. The van der Waals surface area contributed by atoms with Crippen molar-refractivity contribution in [2.45, 2.75) is 66.3 Å². The molecule has 0 aromatic carbocycles. The molecular weight excluding hydrogens is 256 g/mol. The zero-order valence-corrected chi connectivity index (χ0v) is 13.5. The van der Waals surface area contributed by atoms with E-state index in [1.54, 1.807) is 0 Å². The third kappa shape index (κ3) is 11.8. The van der Waals surface area contributed by atoms with Crippen LogP contribution in [-0.4, -0.2) is 29.7 Å². The first kappa shape index (κ1) is 18.7. The maximum absolute atomic E-state index is 11.8. The van der Waals surface area contributed by atoms with Gasteiger partial charge in [0.25, 0.3) is 0 Å². The summed E-state index contributed by atoms with van der Waals surface area (Å²) in [6, 6.07) is -0.609. The highest BCUT2D eigenvalue weighted by molar-refractivity contribution is 5.75. The summed E-state index contributed by atoms with van der Waals surface area (Å²) in [6.45, 7) is 11.0. The summed E-state index contributed by atoms with van der Waals surface area (Å²) >= 11 is 0. The molecule has 5 nitrogen and oxygen atoms in total. The highest BCUT2D eigenvalue weighted by Gasteiger charge is 2.22. The van der Waals surface area contributed by atoms with Gasteiger partial charge in [-0.25, -0.2) is 4.79 Å². The van der Waals surface area contributed by atoms with Crippen LogP contribution in [0.4, 0.5) is 4.79 Å². The van der Waals surface area contributed by atoms with Crippen LogP contribution in [0.25, 0.3) is 0 Å². The summed E-state index contributed by atoms with van der Waals surface area (Å²) in [6.07, 6.45) is 2.60. The van der Waals surface area contributed by atoms with Gasteiger partial charge in [-0.1, -0.05) is 34.6 Å². The first-order valence-corrected chi connectivity index (χ1v) is 7.36. The summed E-state index contributed by atoms with van der Waals surface area (Å²) in [7, 11) is 0. The van der Waals surface area contributed by atoms with Gasteiger partial charge in [-0.15, -0.1) is 0 Å². The molecule has 5 heteroatoms. The zero-order chi connectivity index (χ0) is 15.8. The van der Waals surface area contributed by atoms with E-state index in [1.807, 2.05) is 20.8 Å². The van der Waals surface area contributed by atoms with Crippen LogP contribution in [0.1, 0.15) is 60.3 Å². The first-order chi connectivity index (χ1) is 9.10. The van der Waals surface area contributed by atoms with Crippen molar-refractivity contribution < 1.29 is 14.7 Å². The third-order valence-electron chi connectivity index (χ3n) is 2.86. The summed E-state index contributed by atoms with van der Waals surface area (Å²) in [4.78, 5) is 22.6. The zero-order valence-electron chi connectivity index (χ0n) is 13.5. The molecule has 0 saturated heterocycles. The second kappa shape index (κ2) is 8.82. The van der Waals surface area contributed by atoms with Crippen LogP contribution >= 0.6 is 0 Å². The molecule has 1 atom stereocenters. The van der Waals surface area contributed by atoms with Gasteiger partial charge in [0.1, 0.15) is 0 Å². The van der Waals surface area contributed by atoms with Crippen molar-refractivity contribution in [2.24, 2.45) is 11.3 Å². The van der Waals surface area contributed by atoms with E-state index in [1.165, 1.54) is 0 Å². The standard InChI is InChI=1S/C15H30N2O3/c1-11(2)7-6-8-16-14(20)17-12(9-13(18)19)10-15(3,4)5/h11-12H,6-10H2,1-5H3,(H,18,19)(H2,16,17,20). The molecule has 1 unspecified atom stereocenters. The molecule has 0 saturated carbocycles. The average Bonchev–Trinajstić information content (AvgIpc) is 2.20. The number of urea groups is 1. The highest BCUT2D eigenvalue weighted by atomic mass is 16.4. The number of carbonyl (C=O) groups excluding carboxylic acids is 1. The van der Waals surface area contributed by atoms with Crippen molar-refractivity contribution in [1.29, 1.82) is 0 Å². The predicted octanol–water partition coefficient (Wildman–Crippen LogP) is 3.00. The van der Waals surface area contributed by atoms with Gasteiger partial charge in [0.05, 0.1) is 6.42 Å². The van der Waals surface area contributed by atoms with Gasteiger partial charge in [0.2, 0.25) is 0 Å². The lowest BCUT2D eigenvalue weighted by Crippen LogP contribution is -2.44. The molecule has 3 N–H and O–H groups in total.